The molecule has 0 atom stereocenters. The Morgan fingerprint density at radius 2 is 0.923 bits per heavy atom. The fourth-order valence-corrected chi connectivity index (χ4v) is 0.427. The monoisotopic (exact) mass is 300 g/mol. The number of nitrogen functional groups attached to an aromatic ring is 3. The van der Waals surface area contributed by atoms with Crippen LogP contribution in [0.15, 0.2) is 0 Å². The quantitative estimate of drug-likeness (QED) is 0.594. The van der Waals surface area contributed by atoms with E-state index in [-0.39, 0.29) is 17.8 Å². The van der Waals surface area contributed by atoms with Gasteiger partial charge in [0.1, 0.15) is 0 Å². The maximum atomic E-state index is 5.14. The molecule has 0 saturated carbocycles. The number of nitrogens with zero attached hydrogens (tertiary/aromatic N) is 3. The molecule has 0 bridgehead atoms. The van der Waals surface area contributed by atoms with Gasteiger partial charge in [0.2, 0.25) is 17.8 Å². The van der Waals surface area contributed by atoms with E-state index < -0.39 is 13.2 Å². The number of rotatable bonds is 0. The number of halogens is 3. The molecule has 0 saturated heterocycles. The molecule has 0 aliphatic carbocycles. The van der Waals surface area contributed by atoms with E-state index in [0.717, 1.165) is 0 Å². The predicted octanol–water partition coefficient (Wildman–Crippen LogP) is 0.306. The molecular weight excluding hydrogens is 296 g/mol. The van der Waals surface area contributed by atoms with E-state index in [9.17, 15) is 0 Å². The van der Waals surface area contributed by atoms with E-state index in [1.54, 1.807) is 0 Å². The number of hydrogen-bond acceptors (Lipinski definition) is 6. The zero-order valence-electron chi connectivity index (χ0n) is 6.28. The fraction of sp³-hybridized carbons (Fsp3) is 0. The van der Waals surface area contributed by atoms with Crippen LogP contribution in [0.3, 0.4) is 0 Å². The third-order valence-electron chi connectivity index (χ3n) is 0.687. The van der Waals surface area contributed by atoms with E-state index >= 15 is 0 Å². The van der Waals surface area contributed by atoms with Crippen LogP contribution in [0, 0.1) is 0 Å². The molecule has 10 heteroatoms. The summed E-state index contributed by atoms with van der Waals surface area (Å²) in [5.74, 6) is 0.125. The minimum atomic E-state index is -2.06. The topological polar surface area (TPSA) is 117 Å². The second-order valence-corrected chi connectivity index (χ2v) is 13.0. The molecule has 0 radical (unpaired) electrons. The van der Waals surface area contributed by atoms with Crippen LogP contribution < -0.4 is 17.2 Å². The molecule has 13 heavy (non-hydrogen) atoms. The summed E-state index contributed by atoms with van der Waals surface area (Å²) < 4.78 is 0. The maximum absolute atomic E-state index is 5.14. The van der Waals surface area contributed by atoms with Crippen molar-refractivity contribution in [2.75, 3.05) is 17.2 Å². The van der Waals surface area contributed by atoms with Crippen molar-refractivity contribution in [2.24, 2.45) is 0 Å². The molecule has 1 heterocycles. The Bertz CT molecular complexity index is 216. The van der Waals surface area contributed by atoms with Gasteiger partial charge < -0.3 is 17.2 Å². The molecule has 1 aromatic heterocycles. The van der Waals surface area contributed by atoms with Crippen LogP contribution >= 0.6 is 28.9 Å². The summed E-state index contributed by atoms with van der Waals surface area (Å²) in [5.41, 5.74) is 15.4. The number of aromatic nitrogens is 3. The van der Waals surface area contributed by atoms with Crippen LogP contribution in [-0.2, 0) is 0 Å². The van der Waals surface area contributed by atoms with Crippen LogP contribution in [0.1, 0.15) is 0 Å². The number of nitrogens with two attached hydrogens (primary N) is 3. The van der Waals surface area contributed by atoms with Gasteiger partial charge in [0.05, 0.1) is 0 Å². The van der Waals surface area contributed by atoms with E-state index in [1.807, 2.05) is 0 Å². The minimum absolute atomic E-state index is 0.0417. The molecule has 0 aliphatic rings. The first-order valence-corrected chi connectivity index (χ1v) is 12.4. The molecule has 1 aromatic rings. The van der Waals surface area contributed by atoms with Crippen LogP contribution in [0.4, 0.5) is 17.8 Å². The van der Waals surface area contributed by atoms with Crippen molar-refractivity contribution in [3.63, 3.8) is 0 Å². The van der Waals surface area contributed by atoms with Gasteiger partial charge >= 0.3 is 42.1 Å². The van der Waals surface area contributed by atoms with Gasteiger partial charge in [0.25, 0.3) is 0 Å². The summed E-state index contributed by atoms with van der Waals surface area (Å²) in [6.07, 6.45) is 0. The third-order valence-corrected chi connectivity index (χ3v) is 0.687. The van der Waals surface area contributed by atoms with E-state index in [1.165, 1.54) is 0 Å². The summed E-state index contributed by atoms with van der Waals surface area (Å²) in [5, 5.41) is 0. The SMILES string of the molecule is Nc1nc(N)nc(N)n1.[Cl][Ga]([Cl])[Cl]. The van der Waals surface area contributed by atoms with Crippen molar-refractivity contribution >= 4 is 60.0 Å². The summed E-state index contributed by atoms with van der Waals surface area (Å²) in [7, 11) is 15.0. The Morgan fingerprint density at radius 1 is 0.769 bits per heavy atom. The summed E-state index contributed by atoms with van der Waals surface area (Å²) in [6.45, 7) is 0. The van der Waals surface area contributed by atoms with Crippen molar-refractivity contribution in [3.8, 4) is 0 Å². The van der Waals surface area contributed by atoms with Crippen LogP contribution in [0.5, 0.6) is 0 Å². The van der Waals surface area contributed by atoms with Crippen molar-refractivity contribution < 1.29 is 0 Å². The van der Waals surface area contributed by atoms with Crippen molar-refractivity contribution in [2.45, 2.75) is 0 Å². The van der Waals surface area contributed by atoms with Crippen LogP contribution in [0.25, 0.3) is 0 Å². The Hall–Kier alpha value is -0.0836. The van der Waals surface area contributed by atoms with Crippen molar-refractivity contribution in [3.05, 3.63) is 0 Å². The molecule has 0 spiro atoms. The molecule has 0 fully saturated rings. The molecular formula is C3H6Cl3GaN6. The predicted molar refractivity (Wildman–Crippen MR) is 56.4 cm³/mol. The third kappa shape index (κ3) is 8.25. The van der Waals surface area contributed by atoms with Crippen LogP contribution in [-0.4, -0.2) is 28.2 Å². The van der Waals surface area contributed by atoms with Gasteiger partial charge in [-0.1, -0.05) is 0 Å². The summed E-state index contributed by atoms with van der Waals surface area (Å²) in [4.78, 5) is 10.5. The fourth-order valence-electron chi connectivity index (χ4n) is 0.427. The first-order valence-electron chi connectivity index (χ1n) is 2.86. The van der Waals surface area contributed by atoms with Crippen molar-refractivity contribution in [1.29, 1.82) is 0 Å². The zero-order valence-corrected chi connectivity index (χ0v) is 11.0. The van der Waals surface area contributed by atoms with Gasteiger partial charge in [0.15, 0.2) is 0 Å². The molecule has 0 aromatic carbocycles. The first kappa shape index (κ1) is 12.9. The summed E-state index contributed by atoms with van der Waals surface area (Å²) >= 11 is -2.06. The van der Waals surface area contributed by atoms with Crippen molar-refractivity contribution in [1.82, 2.24) is 15.0 Å². The molecule has 0 aliphatic heterocycles. The second kappa shape index (κ2) is 6.38. The second-order valence-electron chi connectivity index (χ2n) is 1.66. The standard InChI is InChI=1S/C3H6N6.3ClH.Ga/c4-1-7-2(5)9-3(6)8-1;;;;/h(H6,4,5,6,7,8,9);3*1H;/q;;;;+3/p-3. The Balaban J connectivity index is 0.000000310. The Labute approximate surface area is 91.9 Å². The van der Waals surface area contributed by atoms with Gasteiger partial charge in [-0.15, -0.1) is 0 Å². The van der Waals surface area contributed by atoms with E-state index in [2.05, 4.69) is 15.0 Å². The molecule has 72 valence electrons. The van der Waals surface area contributed by atoms with Crippen LogP contribution in [0.2, 0.25) is 0 Å². The zero-order chi connectivity index (χ0) is 10.4. The first-order chi connectivity index (χ1) is 5.91. The van der Waals surface area contributed by atoms with Gasteiger partial charge in [-0.3, -0.25) is 0 Å². The van der Waals surface area contributed by atoms with Gasteiger partial charge in [-0.25, -0.2) is 0 Å². The van der Waals surface area contributed by atoms with Gasteiger partial charge in [0, 0.05) is 0 Å². The van der Waals surface area contributed by atoms with E-state index in [4.69, 9.17) is 46.1 Å². The van der Waals surface area contributed by atoms with E-state index in [0.29, 0.717) is 0 Å². The Morgan fingerprint density at radius 3 is 1.08 bits per heavy atom. The summed E-state index contributed by atoms with van der Waals surface area (Å²) in [6, 6.07) is 0. The average Bonchev–Trinajstić information content (AvgIpc) is 1.80. The van der Waals surface area contributed by atoms with Gasteiger partial charge in [-0.05, 0) is 0 Å². The molecule has 0 amide bonds. The number of hydrogen-bond donors (Lipinski definition) is 3. The normalized spacial score (nSPS) is 8.54. The average molecular weight is 302 g/mol. The molecule has 0 unspecified atom stereocenters. The Kier molecular flexibility index (Phi) is 6.34. The molecule has 6 N–H and O–H groups in total. The molecule has 1 rings (SSSR count). The molecule has 6 nitrogen and oxygen atoms in total. The number of anilines is 3. The van der Waals surface area contributed by atoms with Gasteiger partial charge in [-0.2, -0.15) is 15.0 Å².